The molecule has 0 aromatic carbocycles. The van der Waals surface area contributed by atoms with Gasteiger partial charge in [0.15, 0.2) is 0 Å². The van der Waals surface area contributed by atoms with Crippen molar-refractivity contribution in [3.63, 3.8) is 0 Å². The van der Waals surface area contributed by atoms with Gasteiger partial charge in [0.1, 0.15) is 0 Å². The van der Waals surface area contributed by atoms with Crippen LogP contribution < -0.4 is 0 Å². The van der Waals surface area contributed by atoms with Crippen molar-refractivity contribution in [2.45, 2.75) is 13.8 Å². The van der Waals surface area contributed by atoms with Gasteiger partial charge in [-0.25, -0.2) is 0 Å². The molecule has 0 aliphatic heterocycles. The highest BCUT2D eigenvalue weighted by Gasteiger charge is 2.15. The third kappa shape index (κ3) is 1.50. The van der Waals surface area contributed by atoms with Gasteiger partial charge < -0.3 is 0 Å². The Bertz CT molecular complexity index is 602. The summed E-state index contributed by atoms with van der Waals surface area (Å²) in [4.78, 5) is 5.51. The maximum absolute atomic E-state index is 4.17. The summed E-state index contributed by atoms with van der Waals surface area (Å²) in [5.74, 6) is 0. The third-order valence-corrected chi connectivity index (χ3v) is 4.03. The number of hydrogen-bond acceptors (Lipinski definition) is 2. The van der Waals surface area contributed by atoms with Gasteiger partial charge in [-0.15, -0.1) is 11.3 Å². The predicted octanol–water partition coefficient (Wildman–Crippen LogP) is 4.36. The first-order valence-corrected chi connectivity index (χ1v) is 6.22. The van der Waals surface area contributed by atoms with Crippen LogP contribution in [0.5, 0.6) is 0 Å². The molecule has 16 heavy (non-hydrogen) atoms. The molecular weight excluding hydrogens is 214 g/mol. The molecule has 1 aliphatic carbocycles. The molecule has 1 aliphatic rings. The van der Waals surface area contributed by atoms with Crippen LogP contribution in [0.1, 0.15) is 24.3 Å². The fourth-order valence-corrected chi connectivity index (χ4v) is 2.99. The number of thiophene rings is 1. The lowest BCUT2D eigenvalue weighted by molar-refractivity contribution is 0.633. The number of aromatic nitrogens is 1. The normalized spacial score (nSPS) is 17.4. The third-order valence-electron chi connectivity index (χ3n) is 2.90. The molecule has 2 aromatic rings. The molecular formula is C14H13NS. The van der Waals surface area contributed by atoms with Crippen LogP contribution in [0.3, 0.4) is 0 Å². The van der Waals surface area contributed by atoms with Crippen LogP contribution in [0, 0.1) is 5.41 Å². The fraction of sp³-hybridized carbons (Fsp3) is 0.214. The summed E-state index contributed by atoms with van der Waals surface area (Å²) in [6.07, 6.45) is 12.8. The van der Waals surface area contributed by atoms with E-state index in [4.69, 9.17) is 0 Å². The molecule has 0 amide bonds. The molecule has 0 fully saturated rings. The van der Waals surface area contributed by atoms with Crippen LogP contribution in [0.15, 0.2) is 30.6 Å². The topological polar surface area (TPSA) is 12.9 Å². The van der Waals surface area contributed by atoms with E-state index < -0.39 is 0 Å². The lowest BCUT2D eigenvalue weighted by Gasteiger charge is -2.12. The first-order chi connectivity index (χ1) is 7.66. The molecule has 2 heterocycles. The Morgan fingerprint density at radius 1 is 1.19 bits per heavy atom. The van der Waals surface area contributed by atoms with Crippen molar-refractivity contribution in [3.8, 4) is 0 Å². The first-order valence-electron chi connectivity index (χ1n) is 5.41. The predicted molar refractivity (Wildman–Crippen MR) is 71.5 cm³/mol. The molecule has 0 atom stereocenters. The molecule has 0 unspecified atom stereocenters. The molecule has 2 aromatic heterocycles. The van der Waals surface area contributed by atoms with Crippen molar-refractivity contribution in [2.24, 2.45) is 5.41 Å². The maximum Gasteiger partial charge on any atom is 0.0538 e. The van der Waals surface area contributed by atoms with Gasteiger partial charge in [0.2, 0.25) is 0 Å². The van der Waals surface area contributed by atoms with E-state index in [1.54, 1.807) is 0 Å². The summed E-state index contributed by atoms with van der Waals surface area (Å²) < 4.78 is 1.27. The number of fused-ring (bicyclic) bond motifs is 3. The number of hydrogen-bond donors (Lipinski definition) is 0. The SMILES string of the molecule is CC1(C)C=Cc2sc3cnccc3c2C=C1. The second-order valence-corrected chi connectivity index (χ2v) is 5.82. The van der Waals surface area contributed by atoms with Crippen LogP contribution in [-0.2, 0) is 0 Å². The van der Waals surface area contributed by atoms with E-state index in [-0.39, 0.29) is 5.41 Å². The van der Waals surface area contributed by atoms with E-state index in [1.165, 1.54) is 20.5 Å². The summed E-state index contributed by atoms with van der Waals surface area (Å²) in [6.45, 7) is 4.45. The van der Waals surface area contributed by atoms with Gasteiger partial charge in [0, 0.05) is 33.6 Å². The summed E-state index contributed by atoms with van der Waals surface area (Å²) >= 11 is 1.81. The van der Waals surface area contributed by atoms with Crippen molar-refractivity contribution in [3.05, 3.63) is 41.1 Å². The van der Waals surface area contributed by atoms with Crippen LogP contribution in [0.2, 0.25) is 0 Å². The van der Waals surface area contributed by atoms with Crippen LogP contribution >= 0.6 is 11.3 Å². The molecule has 0 radical (unpaired) electrons. The Hall–Kier alpha value is -1.41. The van der Waals surface area contributed by atoms with Gasteiger partial charge in [-0.05, 0) is 12.1 Å². The highest BCUT2D eigenvalue weighted by Crippen LogP contribution is 2.37. The molecule has 1 nitrogen and oxygen atoms in total. The second kappa shape index (κ2) is 3.29. The van der Waals surface area contributed by atoms with Crippen molar-refractivity contribution >= 4 is 33.6 Å². The Balaban J connectivity index is 2.30. The molecule has 80 valence electrons. The highest BCUT2D eigenvalue weighted by atomic mass is 32.1. The minimum absolute atomic E-state index is 0.151. The van der Waals surface area contributed by atoms with E-state index >= 15 is 0 Å². The lowest BCUT2D eigenvalue weighted by Crippen LogP contribution is -2.00. The van der Waals surface area contributed by atoms with Gasteiger partial charge in [0.05, 0.1) is 4.70 Å². The van der Waals surface area contributed by atoms with Crippen molar-refractivity contribution in [1.82, 2.24) is 4.98 Å². The number of pyridine rings is 1. The standard InChI is InChI=1S/C14H13NS/c1-14(2)6-3-10-11-5-8-15-9-13(11)16-12(10)4-7-14/h3-9H,1-2H3. The van der Waals surface area contributed by atoms with E-state index in [2.05, 4.69) is 49.2 Å². The molecule has 0 N–H and O–H groups in total. The van der Waals surface area contributed by atoms with Gasteiger partial charge in [-0.2, -0.15) is 0 Å². The van der Waals surface area contributed by atoms with Crippen LogP contribution in [0.25, 0.3) is 22.2 Å². The smallest absolute Gasteiger partial charge is 0.0538 e. The zero-order valence-corrected chi connectivity index (χ0v) is 10.2. The van der Waals surface area contributed by atoms with Crippen molar-refractivity contribution in [1.29, 1.82) is 0 Å². The average molecular weight is 227 g/mol. The van der Waals surface area contributed by atoms with E-state index in [0.717, 1.165) is 0 Å². The fourth-order valence-electron chi connectivity index (χ4n) is 1.93. The zero-order chi connectivity index (χ0) is 11.2. The summed E-state index contributed by atoms with van der Waals surface area (Å²) in [5, 5.41) is 1.31. The Kier molecular flexibility index (Phi) is 2.01. The Morgan fingerprint density at radius 3 is 2.88 bits per heavy atom. The molecule has 0 bridgehead atoms. The molecule has 2 heteroatoms. The van der Waals surface area contributed by atoms with Crippen molar-refractivity contribution in [2.75, 3.05) is 0 Å². The summed E-state index contributed by atoms with van der Waals surface area (Å²) in [5.41, 5.74) is 1.49. The van der Waals surface area contributed by atoms with Crippen LogP contribution in [0.4, 0.5) is 0 Å². The van der Waals surface area contributed by atoms with Crippen LogP contribution in [-0.4, -0.2) is 4.98 Å². The molecule has 0 saturated heterocycles. The minimum atomic E-state index is 0.151. The quantitative estimate of drug-likeness (QED) is 0.651. The molecule has 0 spiro atoms. The van der Waals surface area contributed by atoms with E-state index in [0.29, 0.717) is 0 Å². The maximum atomic E-state index is 4.17. The number of rotatable bonds is 0. The monoisotopic (exact) mass is 227 g/mol. The number of nitrogens with zero attached hydrogens (tertiary/aromatic N) is 1. The minimum Gasteiger partial charge on any atom is -0.263 e. The second-order valence-electron chi connectivity index (χ2n) is 4.74. The average Bonchev–Trinajstić information content (AvgIpc) is 2.54. The summed E-state index contributed by atoms with van der Waals surface area (Å²) in [7, 11) is 0. The van der Waals surface area contributed by atoms with Gasteiger partial charge >= 0.3 is 0 Å². The van der Waals surface area contributed by atoms with E-state index in [1.807, 2.05) is 23.7 Å². The largest absolute Gasteiger partial charge is 0.263 e. The van der Waals surface area contributed by atoms with Gasteiger partial charge in [-0.1, -0.05) is 32.1 Å². The number of allylic oxidation sites excluding steroid dienone is 2. The Morgan fingerprint density at radius 2 is 2.00 bits per heavy atom. The van der Waals surface area contributed by atoms with Crippen molar-refractivity contribution < 1.29 is 0 Å². The molecule has 3 rings (SSSR count). The first kappa shape index (κ1) is 9.79. The van der Waals surface area contributed by atoms with E-state index in [9.17, 15) is 0 Å². The van der Waals surface area contributed by atoms with Gasteiger partial charge in [0.25, 0.3) is 0 Å². The zero-order valence-electron chi connectivity index (χ0n) is 9.40. The highest BCUT2D eigenvalue weighted by molar-refractivity contribution is 7.20. The molecule has 0 saturated carbocycles. The Labute approximate surface area is 99.1 Å². The lowest BCUT2D eigenvalue weighted by atomic mass is 9.93. The van der Waals surface area contributed by atoms with Gasteiger partial charge in [-0.3, -0.25) is 4.98 Å². The summed E-state index contributed by atoms with van der Waals surface area (Å²) in [6, 6.07) is 2.10.